The van der Waals surface area contributed by atoms with E-state index in [1.807, 2.05) is 5.16 Å². The number of nitrogens with two attached hydrogens (primary N) is 7. The van der Waals surface area contributed by atoms with Gasteiger partial charge in [0.1, 0.15) is 109 Å². The zero-order valence-corrected chi connectivity index (χ0v) is 75.7. The van der Waals surface area contributed by atoms with Gasteiger partial charge in [0.05, 0.1) is 87.9 Å². The quantitative estimate of drug-likeness (QED) is 0.00555. The van der Waals surface area contributed by atoms with Crippen LogP contribution in [0.25, 0.3) is 43.6 Å². The Morgan fingerprint density at radius 1 is 0.453 bits per heavy atom. The summed E-state index contributed by atoms with van der Waals surface area (Å²) in [5.41, 5.74) is 36.1. The molecule has 14 aromatic rings. The maximum absolute atomic E-state index is 14.5. The average molecular weight is 2050 g/mol. The second-order valence-electron chi connectivity index (χ2n) is 27.7. The molecule has 0 spiro atoms. The zero-order valence-electron chi connectivity index (χ0n) is 71.0. The number of carbonyl (C=O) groups excluding carboxylic acids is 4. The number of benzene rings is 10. The molecular weight excluding hydrogens is 1980 g/mol. The molecule has 139 heavy (non-hydrogen) atoms. The van der Waals surface area contributed by atoms with E-state index in [1.165, 1.54) is 114 Å². The minimum absolute atomic E-state index is 0. The topological polar surface area (TPSA) is 507 Å². The lowest BCUT2D eigenvalue weighted by Crippen LogP contribution is -2.30. The van der Waals surface area contributed by atoms with Crippen LogP contribution in [0.5, 0.6) is 74.7 Å². The summed E-state index contributed by atoms with van der Waals surface area (Å²) in [4.78, 5) is 75.0. The van der Waals surface area contributed by atoms with E-state index in [4.69, 9.17) is 136 Å². The number of methoxy groups -OCH3 is 4. The van der Waals surface area contributed by atoms with Gasteiger partial charge in [-0.1, -0.05) is 54.4 Å². The van der Waals surface area contributed by atoms with Crippen molar-refractivity contribution in [3.63, 3.8) is 0 Å². The second-order valence-corrected chi connectivity index (χ2v) is 30.5. The number of primary amides is 4. The number of aromatic hydroxyl groups is 3. The number of rotatable bonds is 18. The molecule has 0 radical (unpaired) electrons. The summed E-state index contributed by atoms with van der Waals surface area (Å²) in [6.45, 7) is 0. The average Bonchev–Trinajstić information content (AvgIpc) is 1.48. The van der Waals surface area contributed by atoms with Gasteiger partial charge in [-0.25, -0.2) is 43.9 Å². The van der Waals surface area contributed by atoms with Gasteiger partial charge in [0, 0.05) is 162 Å². The molecule has 2 fully saturated rings. The van der Waals surface area contributed by atoms with Gasteiger partial charge in [0.15, 0.2) is 55.4 Å². The Hall–Kier alpha value is -15.7. The number of aromatic nitrogens is 4. The van der Waals surface area contributed by atoms with Crippen molar-refractivity contribution in [2.75, 3.05) is 45.2 Å². The number of pyridine rings is 4. The van der Waals surface area contributed by atoms with E-state index < -0.39 is 138 Å². The number of phenols is 3. The number of isothiocyanates is 1. The van der Waals surface area contributed by atoms with Crippen LogP contribution < -0.4 is 83.9 Å². The molecule has 31 nitrogen and oxygen atoms in total. The summed E-state index contributed by atoms with van der Waals surface area (Å²) in [6.07, 6.45) is 10.4. The number of thiocarbonyl (C=S) groups is 3. The molecule has 0 atom stereocenters. The lowest BCUT2D eigenvalue weighted by atomic mass is 10.1. The van der Waals surface area contributed by atoms with Crippen LogP contribution in [0.15, 0.2) is 181 Å². The van der Waals surface area contributed by atoms with E-state index in [-0.39, 0.29) is 96.5 Å². The molecule has 10 aromatic carbocycles. The number of anilines is 3. The third kappa shape index (κ3) is 31.4. The van der Waals surface area contributed by atoms with Crippen LogP contribution in [0.3, 0.4) is 0 Å². The number of hydrogen-bond donors (Lipinski definition) is 12. The van der Waals surface area contributed by atoms with Crippen LogP contribution in [0, 0.1) is 79.9 Å². The Morgan fingerprint density at radius 3 is 1.04 bits per heavy atom. The highest BCUT2D eigenvalue weighted by molar-refractivity contribution is 7.86. The molecule has 2 aliphatic rings. The molecule has 0 saturated heterocycles. The molecule has 4 heterocycles. The first kappa shape index (κ1) is 110. The third-order valence-electron chi connectivity index (χ3n) is 17.9. The summed E-state index contributed by atoms with van der Waals surface area (Å²) in [7, 11) is 5.66. The number of nitro benzene ring substituents is 1. The minimum Gasteiger partial charge on any atom is -0.508 e. The van der Waals surface area contributed by atoms with Gasteiger partial charge in [-0.2, -0.15) is 13.8 Å². The monoisotopic (exact) mass is 2050 g/mol. The van der Waals surface area contributed by atoms with E-state index in [0.717, 1.165) is 73.5 Å². The summed E-state index contributed by atoms with van der Waals surface area (Å²) < 4.78 is 195. The molecule has 2 aliphatic carbocycles. The summed E-state index contributed by atoms with van der Waals surface area (Å²) in [5, 5.41) is 45.7. The molecule has 49 heteroatoms. The molecule has 2 saturated carbocycles. The number of phenolic OH excluding ortho intramolecular Hbond substituents is 3. The number of hydrogen-bond acceptors (Lipinski definition) is 27. The van der Waals surface area contributed by atoms with E-state index in [0.29, 0.717) is 84.2 Å². The number of ether oxygens (including phenoxy) is 7. The van der Waals surface area contributed by atoms with Crippen LogP contribution in [-0.4, -0.2) is 118 Å². The smallest absolute Gasteiger partial charge is 0.340 e. The highest BCUT2D eigenvalue weighted by Crippen LogP contribution is 2.41. The van der Waals surface area contributed by atoms with E-state index in [1.54, 1.807) is 24.4 Å². The molecule has 0 unspecified atom stereocenters. The maximum atomic E-state index is 14.5. The number of nitrogens with zero attached hydrogens (tertiary/aromatic N) is 6. The van der Waals surface area contributed by atoms with Crippen molar-refractivity contribution < 1.29 is 125 Å². The molecule has 0 aliphatic heterocycles. The Kier molecular flexibility index (Phi) is 40.3. The number of carbonyl (C=O) groups is 4. The lowest BCUT2D eigenvalue weighted by Gasteiger charge is -2.14. The van der Waals surface area contributed by atoms with Crippen LogP contribution in [0.4, 0.5) is 81.1 Å². The predicted octanol–water partition coefficient (Wildman–Crippen LogP) is 20.0. The Labute approximate surface area is 809 Å². The molecule has 19 N–H and O–H groups in total. The highest BCUT2D eigenvalue weighted by atomic mass is 35.5. The molecule has 728 valence electrons. The van der Waals surface area contributed by atoms with Gasteiger partial charge >= 0.3 is 5.69 Å². The number of halogens is 15. The Bertz CT molecular complexity index is 6890. The van der Waals surface area contributed by atoms with Gasteiger partial charge < -0.3 is 99.2 Å². The van der Waals surface area contributed by atoms with Gasteiger partial charge in [-0.3, -0.25) is 49.2 Å². The van der Waals surface area contributed by atoms with Crippen molar-refractivity contribution in [1.82, 2.24) is 25.3 Å². The fourth-order valence-electron chi connectivity index (χ4n) is 11.3. The standard InChI is InChI=1S/C21H18F2N4O3S.C18H11F2N3O3S.C17H13F2N3O3.C11H9ClN2O2.C6H3F2NO3.C6H5F2NO.C6H4F2O.C3H7N.CCl2S.CH4/c1-29-18-9-16-12(8-13(18)20(24)28)17(4-5-25-16)30-11-6-14(22)19(15(23)7-11)27-21(31)26-10-2-3-10;1-25-16-7-14-10(6-11(16)18(21)24)15(2-3-22-14)26-9-4-12(19)17(23-8-27)13(20)5-9;1-24-15-7-13-9(6-10(15)17(21)23)14(2-3-22-13)25-8-4-11(18)16(20)12(19)5-8;1-16-10-5-9-6(4-7(10)11(13)15)8(12)2-3-14-9;7-4-1-3(10)2-5(8)6(4)9(11)12;7-4-1-3(10)2-5(8)6(4)9;7-4-1-5(8)3-6(9)2-4;4-3-1-2-3;2-1(3)4;/h4-10H,2-3H2,1H3,(H2,24,28)(H2,26,27,31);2-7H,1H3,(H2,21,24);2-7H,20H2,1H3,(H2,21,23);2-5H,1H3,(H2,13,15);1-2,10H;1-2,10H,9H2;1-3,9H;3H,1-2,4H2;;1H4. The first-order chi connectivity index (χ1) is 65.3. The number of aliphatic imine (C=N–C) groups is 1. The summed E-state index contributed by atoms with van der Waals surface area (Å²) in [6, 6.07) is 29.8. The van der Waals surface area contributed by atoms with Crippen LogP contribution in [0.2, 0.25) is 5.02 Å². The van der Waals surface area contributed by atoms with Crippen molar-refractivity contribution in [2.24, 2.45) is 33.7 Å². The number of nitrogen functional groups attached to an aromatic ring is 2. The number of nitrogens with one attached hydrogen (secondary N) is 2. The van der Waals surface area contributed by atoms with Crippen molar-refractivity contribution in [1.29, 1.82) is 0 Å². The Morgan fingerprint density at radius 2 is 0.741 bits per heavy atom. The molecule has 0 bridgehead atoms. The van der Waals surface area contributed by atoms with E-state index >= 15 is 0 Å². The van der Waals surface area contributed by atoms with Crippen LogP contribution >= 0.6 is 71.5 Å². The molecular formula is C90H74Cl3F12N15O16S3. The van der Waals surface area contributed by atoms with Crippen LogP contribution in [0.1, 0.15) is 74.5 Å². The van der Waals surface area contributed by atoms with Crippen molar-refractivity contribution in [3.05, 3.63) is 284 Å². The van der Waals surface area contributed by atoms with Gasteiger partial charge in [0.25, 0.3) is 23.6 Å². The third-order valence-corrected chi connectivity index (χ3v) is 18.5. The zero-order chi connectivity index (χ0) is 102. The molecule has 16 rings (SSSR count). The van der Waals surface area contributed by atoms with Crippen molar-refractivity contribution in [3.8, 4) is 74.7 Å². The second kappa shape index (κ2) is 50.7. The number of nitro groups is 1. The normalized spacial score (nSPS) is 11.1. The molecule has 4 aromatic heterocycles. The van der Waals surface area contributed by atoms with Crippen LogP contribution in [-0.2, 0) is 0 Å². The fraction of sp³-hybridized carbons (Fsp3) is 0.122. The summed E-state index contributed by atoms with van der Waals surface area (Å²) >= 11 is 29.0. The highest BCUT2D eigenvalue weighted by Gasteiger charge is 2.27. The minimum atomic E-state index is -1.39. The van der Waals surface area contributed by atoms with Crippen molar-refractivity contribution in [2.45, 2.75) is 45.2 Å². The largest absolute Gasteiger partial charge is 0.508 e. The Balaban J connectivity index is 0.000000225. The predicted molar refractivity (Wildman–Crippen MR) is 506 cm³/mol. The van der Waals surface area contributed by atoms with Crippen molar-refractivity contribution >= 4 is 181 Å². The van der Waals surface area contributed by atoms with E-state index in [2.05, 4.69) is 60.0 Å². The molecule has 4 amide bonds. The maximum Gasteiger partial charge on any atom is 0.340 e. The summed E-state index contributed by atoms with van der Waals surface area (Å²) in [5.74, 6) is -14.4. The lowest BCUT2D eigenvalue weighted by molar-refractivity contribution is -0.390. The first-order valence-electron chi connectivity index (χ1n) is 38.4. The van der Waals surface area contributed by atoms with E-state index in [9.17, 15) is 82.0 Å². The number of fused-ring (bicyclic) bond motifs is 4. The van der Waals surface area contributed by atoms with Gasteiger partial charge in [0.2, 0.25) is 11.6 Å². The first-order valence-corrected chi connectivity index (χ1v) is 40.8. The SMILES string of the molecule is C.COc1cc2nccc(Cl)c2cc1C(N)=O.COc1cc2nccc(Oc3cc(F)c(N)c(F)c3)c2cc1C(N)=O.COc1cc2nccc(Oc3cc(F)c(N=C=S)c(F)c3)c2cc1C(N)=O.COc1cc2nccc(Oc3cc(F)c(NC(=S)NC4CC4)c(F)c3)c2cc1C(N)=O.NC1CC1.Nc1c(F)cc(O)cc1F.O=[N+]([O-])c1c(F)cc(O)cc1F.Oc1cc(F)cc(F)c1.S=C(Cl)Cl. The van der Waals surface area contributed by atoms with Gasteiger partial charge in [-0.15, -0.1) is 0 Å². The number of amides is 4. The fourth-order valence-corrected chi connectivity index (χ4v) is 11.8. The van der Waals surface area contributed by atoms with Gasteiger partial charge in [-0.05, 0) is 98.6 Å².